The second kappa shape index (κ2) is 7.14. The van der Waals surface area contributed by atoms with E-state index in [9.17, 15) is 4.79 Å². The van der Waals surface area contributed by atoms with E-state index in [-0.39, 0.29) is 11.8 Å². The Kier molecular flexibility index (Phi) is 5.46. The van der Waals surface area contributed by atoms with E-state index in [1.54, 1.807) is 7.11 Å². The Morgan fingerprint density at radius 3 is 2.55 bits per heavy atom. The molecule has 0 saturated carbocycles. The van der Waals surface area contributed by atoms with Crippen molar-refractivity contribution in [2.75, 3.05) is 20.2 Å². The molecule has 0 aromatic heterocycles. The van der Waals surface area contributed by atoms with Crippen molar-refractivity contribution < 1.29 is 14.6 Å². The molecule has 2 rings (SSSR count). The van der Waals surface area contributed by atoms with Crippen LogP contribution in [0.1, 0.15) is 50.7 Å². The Labute approximate surface area is 133 Å². The van der Waals surface area contributed by atoms with Crippen molar-refractivity contribution in [1.82, 2.24) is 4.90 Å². The van der Waals surface area contributed by atoms with Gasteiger partial charge in [-0.1, -0.05) is 32.4 Å². The van der Waals surface area contributed by atoms with E-state index in [2.05, 4.69) is 11.0 Å². The van der Waals surface area contributed by atoms with E-state index in [1.165, 1.54) is 19.3 Å². The monoisotopic (exact) mass is 305 g/mol. The predicted octanol–water partition coefficient (Wildman–Crippen LogP) is 3.43. The maximum Gasteiger partial charge on any atom is 0.304 e. The molecule has 22 heavy (non-hydrogen) atoms. The predicted molar refractivity (Wildman–Crippen MR) is 87.4 cm³/mol. The van der Waals surface area contributed by atoms with Gasteiger partial charge in [0.15, 0.2) is 0 Å². The summed E-state index contributed by atoms with van der Waals surface area (Å²) in [6, 6.07) is 6.08. The molecule has 1 aliphatic heterocycles. The highest BCUT2D eigenvalue weighted by Gasteiger charge is 2.25. The lowest BCUT2D eigenvalue weighted by Crippen LogP contribution is -2.29. The molecule has 1 fully saturated rings. The van der Waals surface area contributed by atoms with Crippen molar-refractivity contribution in [3.63, 3.8) is 0 Å². The fourth-order valence-electron chi connectivity index (χ4n) is 3.16. The molecule has 0 radical (unpaired) electrons. The van der Waals surface area contributed by atoms with Crippen LogP contribution in [0.25, 0.3) is 0 Å². The highest BCUT2D eigenvalue weighted by atomic mass is 16.5. The highest BCUT2D eigenvalue weighted by Crippen LogP contribution is 2.32. The average molecular weight is 305 g/mol. The van der Waals surface area contributed by atoms with Gasteiger partial charge in [-0.15, -0.1) is 0 Å². The molecule has 4 heteroatoms. The third-order valence-electron chi connectivity index (χ3n) is 4.50. The molecule has 1 saturated heterocycles. The van der Waals surface area contributed by atoms with Crippen LogP contribution in [-0.4, -0.2) is 36.2 Å². The van der Waals surface area contributed by atoms with E-state index in [1.807, 2.05) is 26.0 Å². The molecule has 0 bridgehead atoms. The zero-order valence-corrected chi connectivity index (χ0v) is 13.9. The lowest BCUT2D eigenvalue weighted by Gasteiger charge is -2.29. The quantitative estimate of drug-likeness (QED) is 0.875. The summed E-state index contributed by atoms with van der Waals surface area (Å²) < 4.78 is 5.49. The second-order valence-corrected chi connectivity index (χ2v) is 6.82. The number of benzene rings is 1. The minimum absolute atomic E-state index is 0.127. The summed E-state index contributed by atoms with van der Waals surface area (Å²) in [4.78, 5) is 13.5. The van der Waals surface area contributed by atoms with Gasteiger partial charge in [-0.05, 0) is 37.6 Å². The zero-order valence-electron chi connectivity index (χ0n) is 13.9. The third-order valence-corrected chi connectivity index (χ3v) is 4.50. The van der Waals surface area contributed by atoms with Crippen LogP contribution >= 0.6 is 0 Å². The Morgan fingerprint density at radius 2 is 1.95 bits per heavy atom. The number of rotatable bonds is 6. The van der Waals surface area contributed by atoms with Crippen LogP contribution in [0, 0.1) is 0 Å². The molecule has 0 amide bonds. The van der Waals surface area contributed by atoms with Crippen molar-refractivity contribution in [3.8, 4) is 5.75 Å². The molecule has 122 valence electrons. The Bertz CT molecular complexity index is 519. The summed E-state index contributed by atoms with van der Waals surface area (Å²) in [5.74, 6) is 0.124. The Balaban J connectivity index is 2.23. The minimum atomic E-state index is -0.765. The molecule has 0 unspecified atom stereocenters. The standard InChI is InChI=1S/C18H27NO3/c1-18(2,12-17(20)21)15-7-8-16(22-3)14(11-15)13-19-9-5-4-6-10-19/h7-8,11H,4-6,9-10,12-13H2,1-3H3,(H,20,21). The van der Waals surface area contributed by atoms with E-state index in [0.29, 0.717) is 0 Å². The summed E-state index contributed by atoms with van der Waals surface area (Å²) >= 11 is 0. The van der Waals surface area contributed by atoms with Crippen LogP contribution in [0.15, 0.2) is 18.2 Å². The second-order valence-electron chi connectivity index (χ2n) is 6.82. The molecule has 1 aromatic rings. The maximum atomic E-state index is 11.1. The van der Waals surface area contributed by atoms with Crippen LogP contribution in [-0.2, 0) is 16.8 Å². The number of ether oxygens (including phenoxy) is 1. The smallest absolute Gasteiger partial charge is 0.304 e. The van der Waals surface area contributed by atoms with Crippen LogP contribution in [0.2, 0.25) is 0 Å². The van der Waals surface area contributed by atoms with Gasteiger partial charge in [0.1, 0.15) is 5.75 Å². The van der Waals surface area contributed by atoms with Crippen LogP contribution < -0.4 is 4.74 Å². The first-order valence-corrected chi connectivity index (χ1v) is 8.04. The highest BCUT2D eigenvalue weighted by molar-refractivity contribution is 5.69. The fraction of sp³-hybridized carbons (Fsp3) is 0.611. The van der Waals surface area contributed by atoms with Gasteiger partial charge in [0, 0.05) is 17.5 Å². The van der Waals surface area contributed by atoms with Gasteiger partial charge in [0.25, 0.3) is 0 Å². The zero-order chi connectivity index (χ0) is 16.2. The first-order chi connectivity index (χ1) is 10.4. The first kappa shape index (κ1) is 16.8. The summed E-state index contributed by atoms with van der Waals surface area (Å²) in [6.45, 7) is 7.10. The SMILES string of the molecule is COc1ccc(C(C)(C)CC(=O)O)cc1CN1CCCCC1. The van der Waals surface area contributed by atoms with Crippen molar-refractivity contribution in [1.29, 1.82) is 0 Å². The summed E-state index contributed by atoms with van der Waals surface area (Å²) in [5.41, 5.74) is 1.83. The summed E-state index contributed by atoms with van der Waals surface area (Å²) in [6.07, 6.45) is 3.96. The molecule has 0 atom stereocenters. The lowest BCUT2D eigenvalue weighted by molar-refractivity contribution is -0.138. The molecule has 4 nitrogen and oxygen atoms in total. The van der Waals surface area contributed by atoms with Gasteiger partial charge in [0.2, 0.25) is 0 Å². The number of piperidine rings is 1. The minimum Gasteiger partial charge on any atom is -0.496 e. The average Bonchev–Trinajstić information content (AvgIpc) is 2.47. The molecule has 1 N–H and O–H groups in total. The normalized spacial score (nSPS) is 16.5. The lowest BCUT2D eigenvalue weighted by atomic mass is 9.81. The van der Waals surface area contributed by atoms with Gasteiger partial charge in [0.05, 0.1) is 13.5 Å². The van der Waals surface area contributed by atoms with Gasteiger partial charge >= 0.3 is 5.97 Å². The van der Waals surface area contributed by atoms with E-state index >= 15 is 0 Å². The summed E-state index contributed by atoms with van der Waals surface area (Å²) in [7, 11) is 1.69. The molecule has 1 heterocycles. The fourth-order valence-corrected chi connectivity index (χ4v) is 3.16. The number of hydrogen-bond acceptors (Lipinski definition) is 3. The number of nitrogens with zero attached hydrogens (tertiary/aromatic N) is 1. The topological polar surface area (TPSA) is 49.8 Å². The molecule has 0 spiro atoms. The van der Waals surface area contributed by atoms with Crippen molar-refractivity contribution in [2.24, 2.45) is 0 Å². The molecular formula is C18H27NO3. The van der Waals surface area contributed by atoms with E-state index in [4.69, 9.17) is 9.84 Å². The van der Waals surface area contributed by atoms with E-state index in [0.717, 1.165) is 36.5 Å². The number of carboxylic acid groups (broad SMARTS) is 1. The number of carboxylic acids is 1. The van der Waals surface area contributed by atoms with Crippen molar-refractivity contribution in [3.05, 3.63) is 29.3 Å². The first-order valence-electron chi connectivity index (χ1n) is 8.04. The van der Waals surface area contributed by atoms with Crippen LogP contribution in [0.5, 0.6) is 5.75 Å². The van der Waals surface area contributed by atoms with Gasteiger partial charge in [-0.2, -0.15) is 0 Å². The van der Waals surface area contributed by atoms with E-state index < -0.39 is 5.97 Å². The van der Waals surface area contributed by atoms with Crippen molar-refractivity contribution in [2.45, 2.75) is 51.5 Å². The molecule has 1 aromatic carbocycles. The van der Waals surface area contributed by atoms with Crippen LogP contribution in [0.4, 0.5) is 0 Å². The van der Waals surface area contributed by atoms with Gasteiger partial charge in [-0.25, -0.2) is 0 Å². The number of carbonyl (C=O) groups is 1. The molecule has 0 aliphatic carbocycles. The van der Waals surface area contributed by atoms with Gasteiger partial charge in [-0.3, -0.25) is 9.69 Å². The summed E-state index contributed by atoms with van der Waals surface area (Å²) in [5, 5.41) is 9.11. The third kappa shape index (κ3) is 4.23. The number of methoxy groups -OCH3 is 1. The van der Waals surface area contributed by atoms with Crippen molar-refractivity contribution >= 4 is 5.97 Å². The largest absolute Gasteiger partial charge is 0.496 e. The molecule has 1 aliphatic rings. The van der Waals surface area contributed by atoms with Gasteiger partial charge < -0.3 is 9.84 Å². The Morgan fingerprint density at radius 1 is 1.27 bits per heavy atom. The number of aliphatic carboxylic acids is 1. The Hall–Kier alpha value is -1.55. The maximum absolute atomic E-state index is 11.1. The number of likely N-dealkylation sites (tertiary alicyclic amines) is 1. The molecular weight excluding hydrogens is 278 g/mol. The number of hydrogen-bond donors (Lipinski definition) is 1. The van der Waals surface area contributed by atoms with Crippen LogP contribution in [0.3, 0.4) is 0 Å².